The van der Waals surface area contributed by atoms with Crippen molar-refractivity contribution >= 4 is 23.1 Å². The van der Waals surface area contributed by atoms with Crippen molar-refractivity contribution in [2.45, 2.75) is 44.5 Å². The molecule has 2 aliphatic heterocycles. The molecule has 0 radical (unpaired) electrons. The number of ether oxygens (including phenoxy) is 1. The van der Waals surface area contributed by atoms with Crippen LogP contribution in [0.15, 0.2) is 27.7 Å². The summed E-state index contributed by atoms with van der Waals surface area (Å²) in [5.74, 6) is 1.12. The molecule has 4 rings (SSSR count). The first-order valence-electron chi connectivity index (χ1n) is 9.59. The minimum absolute atomic E-state index is 0.105. The molecule has 146 valence electrons. The predicted octanol–water partition coefficient (Wildman–Crippen LogP) is 2.96. The molecule has 2 aromatic heterocycles. The maximum Gasteiger partial charge on any atom is 0.254 e. The number of hydrogen-bond acceptors (Lipinski definition) is 6. The Bertz CT molecular complexity index is 797. The standard InChI is InChI=1S/C19H25FN4O2S/c20-16-12-23(7-8-26-16)17-11-18(25)22-19(21-17)24-6-3-1-2-4-15(24)10-14-5-9-27-13-14/h5,9,11,13,15-16H,1-4,6-8,10,12H2,(H,21,22,25)/t15-,16-/m0/s1. The van der Waals surface area contributed by atoms with E-state index in [9.17, 15) is 9.18 Å². The molecule has 0 aliphatic carbocycles. The normalized spacial score (nSPS) is 24.0. The van der Waals surface area contributed by atoms with Gasteiger partial charge in [-0.15, -0.1) is 0 Å². The van der Waals surface area contributed by atoms with Crippen molar-refractivity contribution in [1.82, 2.24) is 9.97 Å². The average Bonchev–Trinajstić information content (AvgIpc) is 3.05. The summed E-state index contributed by atoms with van der Waals surface area (Å²) in [7, 11) is 0. The van der Waals surface area contributed by atoms with Gasteiger partial charge in [0, 0.05) is 25.2 Å². The molecule has 8 heteroatoms. The number of hydrogen-bond donors (Lipinski definition) is 1. The van der Waals surface area contributed by atoms with Gasteiger partial charge in [0.05, 0.1) is 13.2 Å². The number of thiophene rings is 1. The van der Waals surface area contributed by atoms with Gasteiger partial charge in [0.1, 0.15) is 5.82 Å². The molecule has 4 heterocycles. The molecular formula is C19H25FN4O2S. The number of nitrogens with zero attached hydrogens (tertiary/aromatic N) is 3. The monoisotopic (exact) mass is 392 g/mol. The summed E-state index contributed by atoms with van der Waals surface area (Å²) in [5.41, 5.74) is 1.12. The van der Waals surface area contributed by atoms with E-state index in [1.807, 2.05) is 0 Å². The van der Waals surface area contributed by atoms with Gasteiger partial charge in [0.15, 0.2) is 0 Å². The number of morpholine rings is 1. The Morgan fingerprint density at radius 2 is 2.26 bits per heavy atom. The van der Waals surface area contributed by atoms with E-state index in [1.165, 1.54) is 24.5 Å². The van der Waals surface area contributed by atoms with Gasteiger partial charge in [-0.1, -0.05) is 12.8 Å². The molecule has 0 spiro atoms. The van der Waals surface area contributed by atoms with Gasteiger partial charge in [-0.2, -0.15) is 16.3 Å². The van der Waals surface area contributed by atoms with Crippen LogP contribution in [0.3, 0.4) is 0 Å². The van der Waals surface area contributed by atoms with E-state index >= 15 is 0 Å². The maximum atomic E-state index is 13.6. The summed E-state index contributed by atoms with van der Waals surface area (Å²) in [6.45, 7) is 1.81. The summed E-state index contributed by atoms with van der Waals surface area (Å²) in [5, 5.41) is 4.29. The molecule has 2 aliphatic rings. The summed E-state index contributed by atoms with van der Waals surface area (Å²) < 4.78 is 18.6. The van der Waals surface area contributed by atoms with Gasteiger partial charge in [0.25, 0.3) is 5.56 Å². The van der Waals surface area contributed by atoms with Crippen LogP contribution in [0, 0.1) is 0 Å². The highest BCUT2D eigenvalue weighted by Gasteiger charge is 2.26. The number of alkyl halides is 1. The average molecular weight is 393 g/mol. The number of H-pyrrole nitrogens is 1. The number of anilines is 2. The molecule has 2 saturated heterocycles. The number of aromatic amines is 1. The molecule has 2 fully saturated rings. The van der Waals surface area contributed by atoms with Crippen LogP contribution in [-0.2, 0) is 11.2 Å². The van der Waals surface area contributed by atoms with Crippen molar-refractivity contribution in [3.63, 3.8) is 0 Å². The van der Waals surface area contributed by atoms with Gasteiger partial charge < -0.3 is 14.5 Å². The Morgan fingerprint density at radius 1 is 1.33 bits per heavy atom. The minimum Gasteiger partial charge on any atom is -0.349 e. The number of halogens is 1. The topological polar surface area (TPSA) is 61.5 Å². The number of aromatic nitrogens is 2. The predicted molar refractivity (Wildman–Crippen MR) is 106 cm³/mol. The second-order valence-corrected chi connectivity index (χ2v) is 7.97. The first-order chi connectivity index (χ1) is 13.2. The molecule has 0 bridgehead atoms. The second kappa shape index (κ2) is 8.39. The number of rotatable bonds is 4. The van der Waals surface area contributed by atoms with Crippen LogP contribution in [0.1, 0.15) is 31.2 Å². The number of nitrogens with one attached hydrogen (secondary N) is 1. The Balaban J connectivity index is 1.61. The van der Waals surface area contributed by atoms with Crippen molar-refractivity contribution in [3.8, 4) is 0 Å². The van der Waals surface area contributed by atoms with Crippen LogP contribution in [0.25, 0.3) is 0 Å². The van der Waals surface area contributed by atoms with Crippen molar-refractivity contribution in [1.29, 1.82) is 0 Å². The Hall–Kier alpha value is -1.93. The molecule has 2 aromatic rings. The van der Waals surface area contributed by atoms with Crippen molar-refractivity contribution in [2.75, 3.05) is 36.0 Å². The quantitative estimate of drug-likeness (QED) is 0.867. The van der Waals surface area contributed by atoms with E-state index in [0.717, 1.165) is 25.8 Å². The molecular weight excluding hydrogens is 367 g/mol. The van der Waals surface area contributed by atoms with Crippen LogP contribution in [0.4, 0.5) is 16.2 Å². The molecule has 1 N–H and O–H groups in total. The van der Waals surface area contributed by atoms with Crippen LogP contribution >= 0.6 is 11.3 Å². The second-order valence-electron chi connectivity index (χ2n) is 7.19. The van der Waals surface area contributed by atoms with E-state index in [0.29, 0.717) is 31.0 Å². The smallest absolute Gasteiger partial charge is 0.254 e. The van der Waals surface area contributed by atoms with Gasteiger partial charge in [-0.05, 0) is 41.7 Å². The van der Waals surface area contributed by atoms with Crippen LogP contribution in [0.5, 0.6) is 0 Å². The third-order valence-electron chi connectivity index (χ3n) is 5.26. The SMILES string of the molecule is O=c1cc(N2CCO[C@H](F)C2)nc(N2CCCCC[C@H]2Cc2ccsc2)[nH]1. The zero-order valence-electron chi connectivity index (χ0n) is 15.3. The van der Waals surface area contributed by atoms with E-state index < -0.39 is 6.36 Å². The molecule has 0 aromatic carbocycles. The summed E-state index contributed by atoms with van der Waals surface area (Å²) in [4.78, 5) is 24.0. The fraction of sp³-hybridized carbons (Fsp3) is 0.579. The van der Waals surface area contributed by atoms with Crippen molar-refractivity contribution < 1.29 is 9.13 Å². The molecule has 0 unspecified atom stereocenters. The lowest BCUT2D eigenvalue weighted by molar-refractivity contribution is -0.0467. The minimum atomic E-state index is -1.34. The fourth-order valence-corrected chi connectivity index (χ4v) is 4.58. The van der Waals surface area contributed by atoms with Crippen molar-refractivity contribution in [3.05, 3.63) is 38.8 Å². The highest BCUT2D eigenvalue weighted by Crippen LogP contribution is 2.26. The largest absolute Gasteiger partial charge is 0.349 e. The summed E-state index contributed by atoms with van der Waals surface area (Å²) >= 11 is 1.71. The van der Waals surface area contributed by atoms with Crippen LogP contribution < -0.4 is 15.4 Å². The Labute approximate surface area is 162 Å². The summed E-state index contributed by atoms with van der Waals surface area (Å²) in [6, 6.07) is 3.92. The summed E-state index contributed by atoms with van der Waals surface area (Å²) in [6.07, 6.45) is 4.14. The first-order valence-corrected chi connectivity index (χ1v) is 10.5. The first kappa shape index (κ1) is 18.4. The molecule has 0 saturated carbocycles. The van der Waals surface area contributed by atoms with Gasteiger partial charge in [0.2, 0.25) is 12.3 Å². The van der Waals surface area contributed by atoms with Gasteiger partial charge in [-0.25, -0.2) is 4.39 Å². The highest BCUT2D eigenvalue weighted by atomic mass is 32.1. The Morgan fingerprint density at radius 3 is 3.07 bits per heavy atom. The Kier molecular flexibility index (Phi) is 5.73. The zero-order chi connectivity index (χ0) is 18.6. The van der Waals surface area contributed by atoms with E-state index in [1.54, 1.807) is 16.2 Å². The van der Waals surface area contributed by atoms with E-state index in [4.69, 9.17) is 9.72 Å². The lowest BCUT2D eigenvalue weighted by Gasteiger charge is -2.33. The fourth-order valence-electron chi connectivity index (χ4n) is 3.90. The zero-order valence-corrected chi connectivity index (χ0v) is 16.1. The van der Waals surface area contributed by atoms with Crippen LogP contribution in [-0.4, -0.2) is 48.6 Å². The van der Waals surface area contributed by atoms with Gasteiger partial charge in [-0.3, -0.25) is 9.78 Å². The highest BCUT2D eigenvalue weighted by molar-refractivity contribution is 7.07. The lowest BCUT2D eigenvalue weighted by atomic mass is 10.0. The van der Waals surface area contributed by atoms with Gasteiger partial charge >= 0.3 is 0 Å². The van der Waals surface area contributed by atoms with E-state index in [2.05, 4.69) is 26.7 Å². The lowest BCUT2D eigenvalue weighted by Crippen LogP contribution is -2.43. The molecule has 6 nitrogen and oxygen atoms in total. The van der Waals surface area contributed by atoms with E-state index in [-0.39, 0.29) is 12.1 Å². The molecule has 0 amide bonds. The molecule has 27 heavy (non-hydrogen) atoms. The third-order valence-corrected chi connectivity index (χ3v) is 6.00. The van der Waals surface area contributed by atoms with Crippen LogP contribution in [0.2, 0.25) is 0 Å². The maximum absolute atomic E-state index is 13.6. The molecule has 2 atom stereocenters. The van der Waals surface area contributed by atoms with Crippen molar-refractivity contribution in [2.24, 2.45) is 0 Å². The third kappa shape index (κ3) is 4.50.